The second kappa shape index (κ2) is 8.71. The lowest BCUT2D eigenvalue weighted by molar-refractivity contribution is 0.0762. The van der Waals surface area contributed by atoms with E-state index < -0.39 is 0 Å². The van der Waals surface area contributed by atoms with Crippen LogP contribution in [-0.4, -0.2) is 77.0 Å². The van der Waals surface area contributed by atoms with Gasteiger partial charge in [0, 0.05) is 24.8 Å². The first kappa shape index (κ1) is 20.2. The Bertz CT molecular complexity index is 856. The maximum atomic E-state index is 13.2. The first-order chi connectivity index (χ1) is 14.1. The maximum Gasteiger partial charge on any atom is 0.270 e. The third kappa shape index (κ3) is 4.26. The van der Waals surface area contributed by atoms with Crippen molar-refractivity contribution in [1.82, 2.24) is 24.5 Å². The van der Waals surface area contributed by atoms with E-state index in [4.69, 9.17) is 4.74 Å². The van der Waals surface area contributed by atoms with E-state index in [2.05, 4.69) is 27.1 Å². The quantitative estimate of drug-likeness (QED) is 0.836. The molecule has 7 heteroatoms. The normalized spacial score (nSPS) is 22.1. The molecule has 0 aromatic carbocycles. The van der Waals surface area contributed by atoms with Crippen LogP contribution in [0.1, 0.15) is 48.8 Å². The van der Waals surface area contributed by atoms with E-state index in [1.165, 1.54) is 25.9 Å². The molecule has 0 aliphatic carbocycles. The van der Waals surface area contributed by atoms with E-state index in [1.807, 2.05) is 36.6 Å². The molecule has 0 saturated carbocycles. The van der Waals surface area contributed by atoms with Gasteiger partial charge in [0.15, 0.2) is 11.4 Å². The molecule has 0 bridgehead atoms. The molecule has 1 atom stereocenters. The van der Waals surface area contributed by atoms with E-state index in [9.17, 15) is 4.79 Å². The number of nitrogens with zero attached hydrogens (tertiary/aromatic N) is 4. The van der Waals surface area contributed by atoms with Gasteiger partial charge < -0.3 is 15.0 Å². The summed E-state index contributed by atoms with van der Waals surface area (Å²) in [6.07, 6.45) is 6.51. The summed E-state index contributed by atoms with van der Waals surface area (Å²) in [5, 5.41) is 3.29. The van der Waals surface area contributed by atoms with E-state index >= 15 is 0 Å². The summed E-state index contributed by atoms with van der Waals surface area (Å²) < 4.78 is 7.54. The lowest BCUT2D eigenvalue weighted by Crippen LogP contribution is -2.53. The highest BCUT2D eigenvalue weighted by Gasteiger charge is 2.29. The van der Waals surface area contributed by atoms with Gasteiger partial charge in [-0.1, -0.05) is 0 Å². The number of ether oxygens (including phenoxy) is 1. The molecule has 0 radical (unpaired) electrons. The number of imidazole rings is 1. The highest BCUT2D eigenvalue weighted by Crippen LogP contribution is 2.23. The molecule has 2 aliphatic heterocycles. The number of aryl methyl sites for hydroxylation is 1. The predicted molar refractivity (Wildman–Crippen MR) is 114 cm³/mol. The van der Waals surface area contributed by atoms with Crippen LogP contribution in [0.15, 0.2) is 18.3 Å². The third-order valence-electron chi connectivity index (χ3n) is 6.30. The van der Waals surface area contributed by atoms with Crippen LogP contribution in [0.2, 0.25) is 0 Å². The molecular weight excluding hydrogens is 366 g/mol. The molecule has 4 heterocycles. The van der Waals surface area contributed by atoms with Gasteiger partial charge >= 0.3 is 0 Å². The lowest BCUT2D eigenvalue weighted by Gasteiger charge is -2.41. The zero-order valence-corrected chi connectivity index (χ0v) is 17.9. The number of fused-ring (bicyclic) bond motifs is 1. The largest absolute Gasteiger partial charge is 0.490 e. The molecule has 2 saturated heterocycles. The average Bonchev–Trinajstić information content (AvgIpc) is 3.06. The summed E-state index contributed by atoms with van der Waals surface area (Å²) in [6, 6.07) is 4.64. The van der Waals surface area contributed by atoms with Crippen molar-refractivity contribution in [2.75, 3.05) is 39.8 Å². The van der Waals surface area contributed by atoms with Crippen molar-refractivity contribution in [2.24, 2.45) is 0 Å². The fraction of sp³-hybridized carbons (Fsp3) is 0.636. The Labute approximate surface area is 173 Å². The minimum atomic E-state index is -0.0427. The van der Waals surface area contributed by atoms with Crippen LogP contribution in [0, 0.1) is 6.92 Å². The van der Waals surface area contributed by atoms with Gasteiger partial charge in [0.2, 0.25) is 0 Å². The van der Waals surface area contributed by atoms with E-state index in [-0.39, 0.29) is 11.9 Å². The fourth-order valence-corrected chi connectivity index (χ4v) is 4.77. The highest BCUT2D eigenvalue weighted by atomic mass is 16.5. The zero-order chi connectivity index (χ0) is 20.4. The van der Waals surface area contributed by atoms with Crippen LogP contribution < -0.4 is 10.1 Å². The minimum absolute atomic E-state index is 0.0427. The zero-order valence-electron chi connectivity index (χ0n) is 17.9. The summed E-state index contributed by atoms with van der Waals surface area (Å²) in [5.74, 6) is 0.669. The Morgan fingerprint density at radius 2 is 2.07 bits per heavy atom. The van der Waals surface area contributed by atoms with Crippen LogP contribution in [0.5, 0.6) is 5.75 Å². The number of pyridine rings is 1. The van der Waals surface area contributed by atoms with Crippen LogP contribution in [-0.2, 0) is 0 Å². The number of carbonyl (C=O) groups is 1. The molecule has 29 heavy (non-hydrogen) atoms. The molecule has 1 amide bonds. The van der Waals surface area contributed by atoms with Crippen molar-refractivity contribution in [2.45, 2.75) is 51.6 Å². The van der Waals surface area contributed by atoms with E-state index in [1.54, 1.807) is 0 Å². The predicted octanol–water partition coefficient (Wildman–Crippen LogP) is 2.33. The van der Waals surface area contributed by atoms with E-state index in [0.717, 1.165) is 31.6 Å². The van der Waals surface area contributed by atoms with Gasteiger partial charge in [-0.3, -0.25) is 14.1 Å². The van der Waals surface area contributed by atoms with Gasteiger partial charge in [-0.2, -0.15) is 0 Å². The van der Waals surface area contributed by atoms with Crippen molar-refractivity contribution in [3.63, 3.8) is 0 Å². The summed E-state index contributed by atoms with van der Waals surface area (Å²) in [6.45, 7) is 8.84. The number of aromatic nitrogens is 2. The molecule has 4 rings (SSSR count). The summed E-state index contributed by atoms with van der Waals surface area (Å²) in [4.78, 5) is 22.8. The summed E-state index contributed by atoms with van der Waals surface area (Å²) in [5.41, 5.74) is 2.05. The second-order valence-electron chi connectivity index (χ2n) is 8.39. The monoisotopic (exact) mass is 399 g/mol. The first-order valence-electron chi connectivity index (χ1n) is 10.9. The lowest BCUT2D eigenvalue weighted by atomic mass is 9.98. The first-order valence-corrected chi connectivity index (χ1v) is 10.9. The average molecular weight is 400 g/mol. The van der Waals surface area contributed by atoms with Crippen molar-refractivity contribution < 1.29 is 9.53 Å². The van der Waals surface area contributed by atoms with Gasteiger partial charge in [-0.05, 0) is 78.3 Å². The van der Waals surface area contributed by atoms with Crippen LogP contribution in [0.4, 0.5) is 0 Å². The number of nitrogens with one attached hydrogen (secondary N) is 1. The molecule has 2 aliphatic rings. The Hall–Kier alpha value is -2.12. The Kier molecular flexibility index (Phi) is 6.06. The number of rotatable bonds is 5. The molecule has 2 aromatic heterocycles. The molecule has 2 fully saturated rings. The van der Waals surface area contributed by atoms with Gasteiger partial charge in [-0.15, -0.1) is 0 Å². The standard InChI is InChI=1S/C22H33N5O2/c1-4-29-19-8-6-12-27-20(16(2)23-21(19)27)22(28)24-17-7-5-11-26(15-17)18-9-13-25(3)14-10-18/h6,8,12,17-18H,4-5,7,9-11,13-15H2,1-3H3,(H,24,28)/t17-/m0/s1. The molecular formula is C22H33N5O2. The minimum Gasteiger partial charge on any atom is -0.490 e. The van der Waals surface area contributed by atoms with Crippen molar-refractivity contribution in [3.05, 3.63) is 29.7 Å². The number of hydrogen-bond donors (Lipinski definition) is 1. The van der Waals surface area contributed by atoms with Crippen molar-refractivity contribution >= 4 is 11.6 Å². The molecule has 158 valence electrons. The number of carbonyl (C=O) groups excluding carboxylic acids is 1. The number of amides is 1. The summed E-state index contributed by atoms with van der Waals surface area (Å²) in [7, 11) is 2.20. The number of piperidine rings is 2. The number of likely N-dealkylation sites (tertiary alicyclic amines) is 2. The van der Waals surface area contributed by atoms with Crippen molar-refractivity contribution in [1.29, 1.82) is 0 Å². The molecule has 2 aromatic rings. The van der Waals surface area contributed by atoms with Gasteiger partial charge in [0.05, 0.1) is 12.3 Å². The Balaban J connectivity index is 1.46. The van der Waals surface area contributed by atoms with Gasteiger partial charge in [0.1, 0.15) is 5.69 Å². The topological polar surface area (TPSA) is 62.1 Å². The highest BCUT2D eigenvalue weighted by molar-refractivity contribution is 5.95. The van der Waals surface area contributed by atoms with E-state index in [0.29, 0.717) is 29.7 Å². The third-order valence-corrected chi connectivity index (χ3v) is 6.30. The van der Waals surface area contributed by atoms with Gasteiger partial charge in [-0.25, -0.2) is 4.98 Å². The van der Waals surface area contributed by atoms with Crippen LogP contribution >= 0.6 is 0 Å². The van der Waals surface area contributed by atoms with Crippen LogP contribution in [0.25, 0.3) is 5.65 Å². The molecule has 0 spiro atoms. The smallest absolute Gasteiger partial charge is 0.270 e. The summed E-state index contributed by atoms with van der Waals surface area (Å²) >= 11 is 0. The van der Waals surface area contributed by atoms with Crippen LogP contribution in [0.3, 0.4) is 0 Å². The molecule has 0 unspecified atom stereocenters. The Morgan fingerprint density at radius 3 is 2.83 bits per heavy atom. The van der Waals surface area contributed by atoms with Gasteiger partial charge in [0.25, 0.3) is 5.91 Å². The fourth-order valence-electron chi connectivity index (χ4n) is 4.77. The maximum absolute atomic E-state index is 13.2. The Morgan fingerprint density at radius 1 is 1.28 bits per heavy atom. The number of hydrogen-bond acceptors (Lipinski definition) is 5. The van der Waals surface area contributed by atoms with Crippen molar-refractivity contribution in [3.8, 4) is 5.75 Å². The SMILES string of the molecule is CCOc1cccn2c(C(=O)N[C@H]3CCCN(C4CCN(C)CC4)C3)c(C)nc12. The molecule has 7 nitrogen and oxygen atoms in total. The molecule has 1 N–H and O–H groups in total. The second-order valence-corrected chi connectivity index (χ2v) is 8.39.